The largest absolute Gasteiger partial charge is 0.472 e. The predicted octanol–water partition coefficient (Wildman–Crippen LogP) is 3.67. The van der Waals surface area contributed by atoms with Crippen LogP contribution in [0.25, 0.3) is 6.08 Å². The van der Waals surface area contributed by atoms with Crippen molar-refractivity contribution in [2.24, 2.45) is 5.92 Å². The first-order valence-electron chi connectivity index (χ1n) is 10.1. The highest BCUT2D eigenvalue weighted by molar-refractivity contribution is 5.91. The molecule has 2 heterocycles. The van der Waals surface area contributed by atoms with Gasteiger partial charge in [-0.15, -0.1) is 0 Å². The summed E-state index contributed by atoms with van der Waals surface area (Å²) in [6.45, 7) is 5.31. The minimum Gasteiger partial charge on any atom is -0.472 e. The summed E-state index contributed by atoms with van der Waals surface area (Å²) in [5, 5.41) is 11.4. The molecular formula is C22H32N2O3. The van der Waals surface area contributed by atoms with Crippen LogP contribution in [0.5, 0.6) is 0 Å². The Hall–Kier alpha value is -2.01. The lowest BCUT2D eigenvalue weighted by Crippen LogP contribution is -2.60. The first kappa shape index (κ1) is 19.7. The Labute approximate surface area is 162 Å². The van der Waals surface area contributed by atoms with E-state index in [4.69, 9.17) is 4.42 Å². The van der Waals surface area contributed by atoms with Crippen LogP contribution in [-0.4, -0.2) is 52.1 Å². The lowest BCUT2D eigenvalue weighted by Gasteiger charge is -2.52. The molecule has 0 aromatic carbocycles. The maximum Gasteiger partial charge on any atom is 0.246 e. The number of hydrogen-bond donors (Lipinski definition) is 1. The van der Waals surface area contributed by atoms with Crippen molar-refractivity contribution in [3.05, 3.63) is 42.5 Å². The SMILES string of the molecule is CCCCN1C=CC2C[C@H](N(C)C(=O)/C=C/c3ccoc3)CC[C@@]2(O)[C@H]1C. The first-order chi connectivity index (χ1) is 13.0. The number of nitrogens with zero attached hydrogens (tertiary/aromatic N) is 2. The second-order valence-corrected chi connectivity index (χ2v) is 7.97. The number of unbranched alkanes of at least 4 members (excludes halogenated alkanes) is 1. The number of carbonyl (C=O) groups excluding carboxylic acids is 1. The van der Waals surface area contributed by atoms with Gasteiger partial charge in [0.05, 0.1) is 24.2 Å². The fourth-order valence-corrected chi connectivity index (χ4v) is 4.39. The minimum absolute atomic E-state index is 0.0101. The molecule has 27 heavy (non-hydrogen) atoms. The molecule has 5 heteroatoms. The molecule has 1 unspecified atom stereocenters. The lowest BCUT2D eigenvalue weighted by atomic mass is 9.68. The average molecular weight is 373 g/mol. The molecule has 0 bridgehead atoms. The van der Waals surface area contributed by atoms with E-state index in [0.717, 1.165) is 44.2 Å². The van der Waals surface area contributed by atoms with Gasteiger partial charge in [-0.3, -0.25) is 4.79 Å². The van der Waals surface area contributed by atoms with Crippen molar-refractivity contribution >= 4 is 12.0 Å². The van der Waals surface area contributed by atoms with Gasteiger partial charge < -0.3 is 19.3 Å². The monoisotopic (exact) mass is 372 g/mol. The molecule has 1 aliphatic heterocycles. The van der Waals surface area contributed by atoms with E-state index in [9.17, 15) is 9.90 Å². The van der Waals surface area contributed by atoms with E-state index in [1.807, 2.05) is 18.0 Å². The topological polar surface area (TPSA) is 56.9 Å². The Bertz CT molecular complexity index is 682. The molecular weight excluding hydrogens is 340 g/mol. The molecule has 5 nitrogen and oxygen atoms in total. The number of furan rings is 1. The van der Waals surface area contributed by atoms with Gasteiger partial charge in [0, 0.05) is 37.2 Å². The third-order valence-electron chi connectivity index (χ3n) is 6.40. The van der Waals surface area contributed by atoms with Crippen LogP contribution in [0.2, 0.25) is 0 Å². The standard InChI is InChI=1S/C22H32N2O3/c1-4-5-12-24-13-9-19-15-20(8-11-22(19,26)17(24)2)23(3)21(25)7-6-18-10-14-27-16-18/h6-7,9-10,13-14,16-17,19-20,26H,4-5,8,11-12,15H2,1-3H3/b7-6+/t17-,19?,20-,22-/m1/s1. The zero-order valence-electron chi connectivity index (χ0n) is 16.7. The van der Waals surface area contributed by atoms with Crippen molar-refractivity contribution in [3.63, 3.8) is 0 Å². The van der Waals surface area contributed by atoms with Crippen LogP contribution in [0.15, 0.2) is 41.4 Å². The quantitative estimate of drug-likeness (QED) is 0.774. The van der Waals surface area contributed by atoms with Crippen molar-refractivity contribution in [3.8, 4) is 0 Å². The molecule has 148 valence electrons. The highest BCUT2D eigenvalue weighted by Crippen LogP contribution is 2.43. The highest BCUT2D eigenvalue weighted by Gasteiger charge is 2.49. The second-order valence-electron chi connectivity index (χ2n) is 7.97. The first-order valence-corrected chi connectivity index (χ1v) is 10.1. The van der Waals surface area contributed by atoms with Crippen LogP contribution in [0.4, 0.5) is 0 Å². The van der Waals surface area contributed by atoms with Crippen molar-refractivity contribution in [2.45, 2.75) is 63.6 Å². The summed E-state index contributed by atoms with van der Waals surface area (Å²) in [5.41, 5.74) is 0.182. The van der Waals surface area contributed by atoms with Crippen molar-refractivity contribution < 1.29 is 14.3 Å². The summed E-state index contributed by atoms with van der Waals surface area (Å²) >= 11 is 0. The van der Waals surface area contributed by atoms with Gasteiger partial charge in [0.15, 0.2) is 0 Å². The molecule has 0 radical (unpaired) electrons. The smallest absolute Gasteiger partial charge is 0.246 e. The van der Waals surface area contributed by atoms with Crippen LogP contribution < -0.4 is 0 Å². The molecule has 3 rings (SSSR count). The Morgan fingerprint density at radius 1 is 1.52 bits per heavy atom. The van der Waals surface area contributed by atoms with Crippen LogP contribution >= 0.6 is 0 Å². The van der Waals surface area contributed by atoms with E-state index in [1.165, 1.54) is 0 Å². The number of hydrogen-bond acceptors (Lipinski definition) is 4. The zero-order chi connectivity index (χ0) is 19.4. The molecule has 0 spiro atoms. The average Bonchev–Trinajstić information content (AvgIpc) is 3.19. The van der Waals surface area contributed by atoms with Gasteiger partial charge in [0.1, 0.15) is 0 Å². The number of rotatable bonds is 6. The number of carbonyl (C=O) groups is 1. The highest BCUT2D eigenvalue weighted by atomic mass is 16.3. The van der Waals surface area contributed by atoms with Gasteiger partial charge in [-0.2, -0.15) is 0 Å². The molecule has 1 fully saturated rings. The predicted molar refractivity (Wildman–Crippen MR) is 107 cm³/mol. The van der Waals surface area contributed by atoms with E-state index in [0.29, 0.717) is 0 Å². The summed E-state index contributed by atoms with van der Waals surface area (Å²) < 4.78 is 5.02. The molecule has 2 aliphatic rings. The zero-order valence-corrected chi connectivity index (χ0v) is 16.7. The molecule has 1 aromatic heterocycles. The van der Waals surface area contributed by atoms with Crippen molar-refractivity contribution in [1.29, 1.82) is 0 Å². The van der Waals surface area contributed by atoms with Crippen LogP contribution in [-0.2, 0) is 4.79 Å². The fourth-order valence-electron chi connectivity index (χ4n) is 4.39. The Morgan fingerprint density at radius 3 is 3.04 bits per heavy atom. The van der Waals surface area contributed by atoms with E-state index in [2.05, 4.69) is 31.0 Å². The Balaban J connectivity index is 1.64. The summed E-state index contributed by atoms with van der Waals surface area (Å²) in [6.07, 6.45) is 15.5. The van der Waals surface area contributed by atoms with E-state index >= 15 is 0 Å². The van der Waals surface area contributed by atoms with Crippen LogP contribution in [0.3, 0.4) is 0 Å². The summed E-state index contributed by atoms with van der Waals surface area (Å²) in [6, 6.07) is 2.08. The summed E-state index contributed by atoms with van der Waals surface area (Å²) in [5.74, 6) is 0.0845. The number of aliphatic hydroxyl groups is 1. The normalized spacial score (nSPS) is 30.5. The molecule has 1 amide bonds. The summed E-state index contributed by atoms with van der Waals surface area (Å²) in [4.78, 5) is 16.6. The van der Waals surface area contributed by atoms with Gasteiger partial charge in [0.2, 0.25) is 5.91 Å². The van der Waals surface area contributed by atoms with E-state index < -0.39 is 5.60 Å². The Kier molecular flexibility index (Phi) is 6.10. The lowest BCUT2D eigenvalue weighted by molar-refractivity contribution is -0.133. The molecule has 4 atom stereocenters. The second kappa shape index (κ2) is 8.34. The van der Waals surface area contributed by atoms with Gasteiger partial charge in [-0.05, 0) is 50.9 Å². The van der Waals surface area contributed by atoms with E-state index in [-0.39, 0.29) is 23.9 Å². The van der Waals surface area contributed by atoms with Crippen molar-refractivity contribution in [2.75, 3.05) is 13.6 Å². The third kappa shape index (κ3) is 4.13. The molecule has 1 aliphatic carbocycles. The van der Waals surface area contributed by atoms with Gasteiger partial charge in [0.25, 0.3) is 0 Å². The molecule has 1 N–H and O–H groups in total. The third-order valence-corrected chi connectivity index (χ3v) is 6.40. The van der Waals surface area contributed by atoms with Crippen LogP contribution in [0.1, 0.15) is 51.5 Å². The van der Waals surface area contributed by atoms with E-state index in [1.54, 1.807) is 24.7 Å². The summed E-state index contributed by atoms with van der Waals surface area (Å²) in [7, 11) is 1.86. The van der Waals surface area contributed by atoms with Gasteiger partial charge in [-0.25, -0.2) is 0 Å². The molecule has 1 aromatic rings. The Morgan fingerprint density at radius 2 is 2.33 bits per heavy atom. The molecule has 1 saturated carbocycles. The number of fused-ring (bicyclic) bond motifs is 1. The van der Waals surface area contributed by atoms with Crippen LogP contribution in [0, 0.1) is 5.92 Å². The number of amides is 1. The fraction of sp³-hybridized carbons (Fsp3) is 0.591. The van der Waals surface area contributed by atoms with Gasteiger partial charge >= 0.3 is 0 Å². The maximum absolute atomic E-state index is 12.5. The van der Waals surface area contributed by atoms with Crippen molar-refractivity contribution in [1.82, 2.24) is 9.80 Å². The molecule has 0 saturated heterocycles. The maximum atomic E-state index is 12.5. The number of likely N-dealkylation sites (N-methyl/N-ethyl adjacent to an activating group) is 1. The minimum atomic E-state index is -0.699. The van der Waals surface area contributed by atoms with Gasteiger partial charge in [-0.1, -0.05) is 19.4 Å².